The first kappa shape index (κ1) is 21.4. The number of hydrogen-bond acceptors (Lipinski definition) is 5. The van der Waals surface area contributed by atoms with Crippen LogP contribution < -0.4 is 15.2 Å². The van der Waals surface area contributed by atoms with Crippen LogP contribution in [-0.2, 0) is 11.4 Å². The number of furan rings is 1. The summed E-state index contributed by atoms with van der Waals surface area (Å²) in [6.45, 7) is 0.611. The van der Waals surface area contributed by atoms with Crippen LogP contribution in [0.25, 0.3) is 10.8 Å². The van der Waals surface area contributed by atoms with Gasteiger partial charge in [-0.2, -0.15) is 0 Å². The smallest absolute Gasteiger partial charge is 0.287 e. The second-order valence-corrected chi connectivity index (χ2v) is 8.25. The highest BCUT2D eigenvalue weighted by molar-refractivity contribution is 5.92. The number of rotatable bonds is 9. The molecule has 0 aliphatic rings. The molecule has 0 saturated heterocycles. The fourth-order valence-corrected chi connectivity index (χ4v) is 3.33. The van der Waals surface area contributed by atoms with E-state index in [9.17, 15) is 14.7 Å². The predicted molar refractivity (Wildman–Crippen MR) is 111 cm³/mol. The van der Waals surface area contributed by atoms with Gasteiger partial charge < -0.3 is 28.9 Å². The third kappa shape index (κ3) is 5.84. The maximum absolute atomic E-state index is 12.5. The third-order valence-corrected chi connectivity index (χ3v) is 4.52. The van der Waals surface area contributed by atoms with Crippen molar-refractivity contribution in [2.45, 2.75) is 19.1 Å². The quantitative estimate of drug-likeness (QED) is 0.545. The van der Waals surface area contributed by atoms with Crippen LogP contribution in [0, 0.1) is 0 Å². The molecule has 158 valence electrons. The highest BCUT2D eigenvalue weighted by Crippen LogP contribution is 2.26. The van der Waals surface area contributed by atoms with Crippen LogP contribution in [0.1, 0.15) is 22.7 Å². The first-order valence-electron chi connectivity index (χ1n) is 9.72. The van der Waals surface area contributed by atoms with Gasteiger partial charge >= 0.3 is 0 Å². The van der Waals surface area contributed by atoms with Gasteiger partial charge in [-0.1, -0.05) is 36.4 Å². The molecule has 1 atom stereocenters. The van der Waals surface area contributed by atoms with E-state index in [4.69, 9.17) is 9.15 Å². The molecule has 1 amide bonds. The predicted octanol–water partition coefficient (Wildman–Crippen LogP) is 1.96. The lowest BCUT2D eigenvalue weighted by Crippen LogP contribution is -2.50. The molecule has 0 fully saturated rings. The van der Waals surface area contributed by atoms with E-state index in [2.05, 4.69) is 5.32 Å². The zero-order chi connectivity index (χ0) is 21.7. The summed E-state index contributed by atoms with van der Waals surface area (Å²) in [5, 5.41) is 15.8. The summed E-state index contributed by atoms with van der Waals surface area (Å²) >= 11 is 0. The van der Waals surface area contributed by atoms with Gasteiger partial charge in [-0.25, -0.2) is 0 Å². The number of hydrogen-bond donors (Lipinski definition) is 1. The van der Waals surface area contributed by atoms with E-state index in [1.54, 1.807) is 12.1 Å². The van der Waals surface area contributed by atoms with Crippen molar-refractivity contribution >= 4 is 22.6 Å². The van der Waals surface area contributed by atoms with Crippen molar-refractivity contribution in [1.82, 2.24) is 5.32 Å². The number of likely N-dealkylation sites (N-methyl/N-ethyl adjacent to an activating group) is 1. The Hall–Kier alpha value is -3.32. The first-order chi connectivity index (χ1) is 14.2. The Morgan fingerprint density at radius 2 is 1.80 bits per heavy atom. The SMILES string of the molecule is C[N+](C)(C)C[C@@H](CC(=O)[O-])NC(=O)c1ccc(COc2cccc3ccccc23)o1. The lowest BCUT2D eigenvalue weighted by molar-refractivity contribution is -0.871. The van der Waals surface area contributed by atoms with Crippen molar-refractivity contribution in [3.63, 3.8) is 0 Å². The summed E-state index contributed by atoms with van der Waals surface area (Å²) in [6.07, 6.45) is -0.265. The van der Waals surface area contributed by atoms with E-state index >= 15 is 0 Å². The molecule has 7 nitrogen and oxygen atoms in total. The summed E-state index contributed by atoms with van der Waals surface area (Å²) in [6, 6.07) is 16.4. The number of nitrogens with zero attached hydrogens (tertiary/aromatic N) is 1. The number of fused-ring (bicyclic) bond motifs is 1. The van der Waals surface area contributed by atoms with Crippen LogP contribution >= 0.6 is 0 Å². The number of ether oxygens (including phenoxy) is 1. The summed E-state index contributed by atoms with van der Waals surface area (Å²) in [5.41, 5.74) is 0. The number of carbonyl (C=O) groups is 2. The van der Waals surface area contributed by atoms with Crippen molar-refractivity contribution in [2.24, 2.45) is 0 Å². The van der Waals surface area contributed by atoms with E-state index in [-0.39, 0.29) is 18.8 Å². The summed E-state index contributed by atoms with van der Waals surface area (Å²) in [4.78, 5) is 23.5. The van der Waals surface area contributed by atoms with E-state index in [1.165, 1.54) is 0 Å². The molecular formula is C23H26N2O5. The number of carboxylic acids is 1. The number of quaternary nitrogens is 1. The monoisotopic (exact) mass is 410 g/mol. The van der Waals surface area contributed by atoms with Gasteiger partial charge in [0.05, 0.1) is 33.7 Å². The van der Waals surface area contributed by atoms with Crippen LogP contribution in [0.2, 0.25) is 0 Å². The Kier molecular flexibility index (Phi) is 6.42. The first-order valence-corrected chi connectivity index (χ1v) is 9.72. The second-order valence-electron chi connectivity index (χ2n) is 8.25. The van der Waals surface area contributed by atoms with Gasteiger partial charge in [0.2, 0.25) is 0 Å². The van der Waals surface area contributed by atoms with Gasteiger partial charge in [-0.05, 0) is 23.6 Å². The minimum Gasteiger partial charge on any atom is -0.550 e. The molecule has 30 heavy (non-hydrogen) atoms. The Morgan fingerprint density at radius 1 is 1.07 bits per heavy atom. The second kappa shape index (κ2) is 9.00. The topological polar surface area (TPSA) is 91.6 Å². The normalized spacial score (nSPS) is 12.5. The molecule has 0 aliphatic carbocycles. The van der Waals surface area contributed by atoms with Gasteiger partial charge in [-0.15, -0.1) is 0 Å². The molecule has 0 bridgehead atoms. The van der Waals surface area contributed by atoms with Crippen LogP contribution in [0.4, 0.5) is 0 Å². The van der Waals surface area contributed by atoms with Crippen LogP contribution in [0.15, 0.2) is 59.0 Å². The summed E-state index contributed by atoms with van der Waals surface area (Å²) in [7, 11) is 5.76. The van der Waals surface area contributed by atoms with Gasteiger partial charge in [-0.3, -0.25) is 4.79 Å². The van der Waals surface area contributed by atoms with E-state index < -0.39 is 17.9 Å². The Labute approximate surface area is 175 Å². The average molecular weight is 410 g/mol. The minimum absolute atomic E-state index is 0.108. The van der Waals surface area contributed by atoms with Gasteiger partial charge in [0.15, 0.2) is 5.76 Å². The molecule has 7 heteroatoms. The Balaban J connectivity index is 1.64. The largest absolute Gasteiger partial charge is 0.550 e. The van der Waals surface area contributed by atoms with E-state index in [0.29, 0.717) is 16.8 Å². The molecule has 0 saturated carbocycles. The molecular weight excluding hydrogens is 384 g/mol. The van der Waals surface area contributed by atoms with Crippen LogP contribution in [0.3, 0.4) is 0 Å². The Morgan fingerprint density at radius 3 is 2.53 bits per heavy atom. The molecule has 0 radical (unpaired) electrons. The average Bonchev–Trinajstić information content (AvgIpc) is 3.13. The maximum Gasteiger partial charge on any atom is 0.287 e. The maximum atomic E-state index is 12.5. The van der Waals surface area contributed by atoms with E-state index in [0.717, 1.165) is 16.5 Å². The molecule has 1 N–H and O–H groups in total. The van der Waals surface area contributed by atoms with Crippen molar-refractivity contribution in [3.05, 3.63) is 66.1 Å². The van der Waals surface area contributed by atoms with Gasteiger partial charge in [0, 0.05) is 17.8 Å². The lowest BCUT2D eigenvalue weighted by atomic mass is 10.1. The standard InChI is InChI=1S/C23H26N2O5/c1-25(2,3)14-17(13-22(26)27)24-23(28)21-12-11-18(30-21)15-29-20-10-6-8-16-7-4-5-9-19(16)20/h4-12,17H,13-15H2,1-3H3,(H-,24,26,27,28)/t17-/m1/s1. The number of carboxylic acid groups (broad SMARTS) is 1. The summed E-state index contributed by atoms with van der Waals surface area (Å²) in [5.74, 6) is -0.344. The van der Waals surface area contributed by atoms with Crippen molar-refractivity contribution in [3.8, 4) is 5.75 Å². The van der Waals surface area contributed by atoms with Crippen molar-refractivity contribution in [1.29, 1.82) is 0 Å². The lowest BCUT2D eigenvalue weighted by Gasteiger charge is -2.29. The number of nitrogens with one attached hydrogen (secondary N) is 1. The summed E-state index contributed by atoms with van der Waals surface area (Å²) < 4.78 is 12.0. The fourth-order valence-electron chi connectivity index (χ4n) is 3.33. The highest BCUT2D eigenvalue weighted by atomic mass is 16.5. The number of carbonyl (C=O) groups excluding carboxylic acids is 2. The highest BCUT2D eigenvalue weighted by Gasteiger charge is 2.22. The number of aliphatic carboxylic acids is 1. The Bertz CT molecular complexity index is 1030. The van der Waals surface area contributed by atoms with Gasteiger partial charge in [0.25, 0.3) is 5.91 Å². The molecule has 2 aromatic carbocycles. The molecule has 0 unspecified atom stereocenters. The zero-order valence-corrected chi connectivity index (χ0v) is 17.4. The van der Waals surface area contributed by atoms with Crippen molar-refractivity contribution < 1.29 is 28.3 Å². The third-order valence-electron chi connectivity index (χ3n) is 4.52. The van der Waals surface area contributed by atoms with Gasteiger partial charge in [0.1, 0.15) is 18.1 Å². The zero-order valence-electron chi connectivity index (χ0n) is 17.4. The molecule has 0 aliphatic heterocycles. The van der Waals surface area contributed by atoms with Crippen LogP contribution in [-0.4, -0.2) is 50.1 Å². The number of amides is 1. The van der Waals surface area contributed by atoms with E-state index in [1.807, 2.05) is 63.6 Å². The van der Waals surface area contributed by atoms with Crippen molar-refractivity contribution in [2.75, 3.05) is 27.7 Å². The fraction of sp³-hybridized carbons (Fsp3) is 0.304. The minimum atomic E-state index is -1.21. The molecule has 1 heterocycles. The molecule has 3 rings (SSSR count). The van der Waals surface area contributed by atoms with Crippen LogP contribution in [0.5, 0.6) is 5.75 Å². The molecule has 1 aromatic heterocycles. The molecule has 3 aromatic rings. The number of benzene rings is 2. The molecule has 0 spiro atoms.